The van der Waals surface area contributed by atoms with E-state index in [2.05, 4.69) is 31.0 Å². The lowest BCUT2D eigenvalue weighted by atomic mass is 10.1. The average Bonchev–Trinajstić information content (AvgIpc) is 2.34. The number of likely N-dealkylation sites (N-methyl/N-ethyl adjacent to an activating group) is 1. The summed E-state index contributed by atoms with van der Waals surface area (Å²) in [6.45, 7) is 10.4. The normalized spacial score (nSPS) is 13.6. The fourth-order valence-electron chi connectivity index (χ4n) is 2.08. The number of nitrogens with zero attached hydrogens (tertiary/aromatic N) is 1. The van der Waals surface area contributed by atoms with Crippen molar-refractivity contribution in [3.63, 3.8) is 0 Å². The maximum Gasteiger partial charge on any atom is 0.0791 e. The van der Waals surface area contributed by atoms with Gasteiger partial charge in [-0.1, -0.05) is 20.8 Å². The Morgan fingerprint density at radius 2 is 1.88 bits per heavy atom. The zero-order valence-electron chi connectivity index (χ0n) is 11.9. The summed E-state index contributed by atoms with van der Waals surface area (Å²) < 4.78 is 5.14. The van der Waals surface area contributed by atoms with Gasteiger partial charge in [-0.25, -0.2) is 0 Å². The number of ether oxygens (including phenoxy) is 1. The van der Waals surface area contributed by atoms with Crippen molar-refractivity contribution >= 4 is 0 Å². The van der Waals surface area contributed by atoms with Crippen molar-refractivity contribution in [2.75, 3.05) is 39.9 Å². The highest BCUT2D eigenvalue weighted by molar-refractivity contribution is 4.73. The smallest absolute Gasteiger partial charge is 0.0791 e. The quantitative estimate of drug-likeness (QED) is 0.573. The maximum atomic E-state index is 9.94. The van der Waals surface area contributed by atoms with E-state index < -0.39 is 0 Å². The van der Waals surface area contributed by atoms with Gasteiger partial charge in [-0.15, -0.1) is 0 Å². The van der Waals surface area contributed by atoms with E-state index in [1.54, 1.807) is 7.11 Å². The molecule has 0 saturated heterocycles. The molecule has 0 aromatic carbocycles. The zero-order valence-corrected chi connectivity index (χ0v) is 11.9. The van der Waals surface area contributed by atoms with Gasteiger partial charge in [-0.3, -0.25) is 4.90 Å². The lowest BCUT2D eigenvalue weighted by molar-refractivity contribution is 0.0613. The Hall–Kier alpha value is -0.160. The predicted molar refractivity (Wildman–Crippen MR) is 72.4 cm³/mol. The van der Waals surface area contributed by atoms with E-state index in [0.717, 1.165) is 39.1 Å². The molecule has 4 heteroatoms. The van der Waals surface area contributed by atoms with Gasteiger partial charge >= 0.3 is 0 Å². The van der Waals surface area contributed by atoms with E-state index >= 15 is 0 Å². The molecular weight excluding hydrogens is 216 g/mol. The van der Waals surface area contributed by atoms with Gasteiger partial charge in [0.05, 0.1) is 12.7 Å². The van der Waals surface area contributed by atoms with Crippen molar-refractivity contribution in [2.24, 2.45) is 0 Å². The molecular formula is C13H30N2O2. The summed E-state index contributed by atoms with van der Waals surface area (Å²) in [5, 5.41) is 13.1. The molecule has 2 N–H and O–H groups in total. The van der Waals surface area contributed by atoms with Gasteiger partial charge in [0, 0.05) is 32.8 Å². The summed E-state index contributed by atoms with van der Waals surface area (Å²) in [6.07, 6.45) is 1.94. The molecule has 104 valence electrons. The summed E-state index contributed by atoms with van der Waals surface area (Å²) >= 11 is 0. The molecule has 0 aliphatic carbocycles. The first-order chi connectivity index (χ1) is 8.19. The standard InChI is InChI=1S/C13H30N2O2/c1-5-12(6-2)15(8-9-17-4)11-13(16)10-14-7-3/h12-14,16H,5-11H2,1-4H3. The van der Waals surface area contributed by atoms with E-state index in [1.807, 2.05) is 0 Å². The first-order valence-electron chi connectivity index (χ1n) is 6.81. The minimum Gasteiger partial charge on any atom is -0.390 e. The van der Waals surface area contributed by atoms with Crippen molar-refractivity contribution in [3.8, 4) is 0 Å². The highest BCUT2D eigenvalue weighted by Gasteiger charge is 2.17. The van der Waals surface area contributed by atoms with Crippen LogP contribution in [0.3, 0.4) is 0 Å². The van der Waals surface area contributed by atoms with Crippen LogP contribution in [-0.2, 0) is 4.74 Å². The fraction of sp³-hybridized carbons (Fsp3) is 1.00. The van der Waals surface area contributed by atoms with Crippen LogP contribution in [0, 0.1) is 0 Å². The Kier molecular flexibility index (Phi) is 10.9. The molecule has 4 nitrogen and oxygen atoms in total. The van der Waals surface area contributed by atoms with Crippen molar-refractivity contribution in [2.45, 2.75) is 45.8 Å². The Morgan fingerprint density at radius 3 is 2.35 bits per heavy atom. The molecule has 0 aliphatic rings. The van der Waals surface area contributed by atoms with E-state index in [-0.39, 0.29) is 6.10 Å². The molecule has 0 aliphatic heterocycles. The minimum atomic E-state index is -0.299. The number of methoxy groups -OCH3 is 1. The second kappa shape index (κ2) is 11.0. The molecule has 0 bridgehead atoms. The van der Waals surface area contributed by atoms with Crippen LogP contribution in [0.25, 0.3) is 0 Å². The van der Waals surface area contributed by atoms with Crippen LogP contribution < -0.4 is 5.32 Å². The first-order valence-corrected chi connectivity index (χ1v) is 6.81. The SMILES string of the molecule is CCNCC(O)CN(CCOC)C(CC)CC. The fourth-order valence-corrected chi connectivity index (χ4v) is 2.08. The van der Waals surface area contributed by atoms with Crippen LogP contribution >= 0.6 is 0 Å². The largest absolute Gasteiger partial charge is 0.390 e. The monoisotopic (exact) mass is 246 g/mol. The van der Waals surface area contributed by atoms with Gasteiger partial charge in [0.1, 0.15) is 0 Å². The highest BCUT2D eigenvalue weighted by Crippen LogP contribution is 2.09. The third-order valence-electron chi connectivity index (χ3n) is 3.12. The number of aliphatic hydroxyl groups is 1. The van der Waals surface area contributed by atoms with Crippen molar-refractivity contribution < 1.29 is 9.84 Å². The molecule has 0 spiro atoms. The molecule has 0 fully saturated rings. The highest BCUT2D eigenvalue weighted by atomic mass is 16.5. The molecule has 0 heterocycles. The molecule has 1 atom stereocenters. The number of rotatable bonds is 11. The molecule has 17 heavy (non-hydrogen) atoms. The Bertz CT molecular complexity index is 163. The first kappa shape index (κ1) is 16.8. The number of nitrogens with one attached hydrogen (secondary N) is 1. The van der Waals surface area contributed by atoms with Gasteiger partial charge in [0.25, 0.3) is 0 Å². The van der Waals surface area contributed by atoms with Crippen LogP contribution in [0.2, 0.25) is 0 Å². The van der Waals surface area contributed by atoms with Crippen molar-refractivity contribution in [3.05, 3.63) is 0 Å². The topological polar surface area (TPSA) is 44.7 Å². The Morgan fingerprint density at radius 1 is 1.24 bits per heavy atom. The molecule has 0 aromatic rings. The van der Waals surface area contributed by atoms with Crippen molar-refractivity contribution in [1.82, 2.24) is 10.2 Å². The average molecular weight is 246 g/mol. The summed E-state index contributed by atoms with van der Waals surface area (Å²) in [4.78, 5) is 2.34. The van der Waals surface area contributed by atoms with Crippen LogP contribution in [0.15, 0.2) is 0 Å². The molecule has 0 saturated carbocycles. The Labute approximate surface area is 106 Å². The van der Waals surface area contributed by atoms with Gasteiger partial charge in [0.15, 0.2) is 0 Å². The molecule has 0 aromatic heterocycles. The van der Waals surface area contributed by atoms with Crippen LogP contribution in [0.4, 0.5) is 0 Å². The minimum absolute atomic E-state index is 0.299. The second-order valence-electron chi connectivity index (χ2n) is 4.42. The van der Waals surface area contributed by atoms with E-state index in [1.165, 1.54) is 0 Å². The molecule has 0 amide bonds. The van der Waals surface area contributed by atoms with Crippen LogP contribution in [-0.4, -0.2) is 62.0 Å². The Balaban J connectivity index is 4.15. The number of aliphatic hydroxyl groups excluding tert-OH is 1. The summed E-state index contributed by atoms with van der Waals surface area (Å²) in [7, 11) is 1.72. The van der Waals surface area contributed by atoms with Gasteiger partial charge in [0.2, 0.25) is 0 Å². The third-order valence-corrected chi connectivity index (χ3v) is 3.12. The van der Waals surface area contributed by atoms with Gasteiger partial charge in [-0.05, 0) is 19.4 Å². The van der Waals surface area contributed by atoms with Crippen molar-refractivity contribution in [1.29, 1.82) is 0 Å². The third kappa shape index (κ3) is 7.71. The van der Waals surface area contributed by atoms with E-state index in [4.69, 9.17) is 4.74 Å². The van der Waals surface area contributed by atoms with E-state index in [0.29, 0.717) is 12.6 Å². The maximum absolute atomic E-state index is 9.94. The summed E-state index contributed by atoms with van der Waals surface area (Å²) in [5.74, 6) is 0. The van der Waals surface area contributed by atoms with E-state index in [9.17, 15) is 5.11 Å². The molecule has 1 unspecified atom stereocenters. The molecule has 0 radical (unpaired) electrons. The van der Waals surface area contributed by atoms with Gasteiger partial charge < -0.3 is 15.2 Å². The lowest BCUT2D eigenvalue weighted by Gasteiger charge is -2.32. The number of hydrogen-bond donors (Lipinski definition) is 2. The van der Waals surface area contributed by atoms with Crippen LogP contribution in [0.5, 0.6) is 0 Å². The summed E-state index contributed by atoms with van der Waals surface area (Å²) in [6, 6.07) is 0.543. The molecule has 0 rings (SSSR count). The summed E-state index contributed by atoms with van der Waals surface area (Å²) in [5.41, 5.74) is 0. The predicted octanol–water partition coefficient (Wildman–Crippen LogP) is 1.09. The van der Waals surface area contributed by atoms with Crippen LogP contribution in [0.1, 0.15) is 33.6 Å². The zero-order chi connectivity index (χ0) is 13.1. The van der Waals surface area contributed by atoms with Gasteiger partial charge in [-0.2, -0.15) is 0 Å². The second-order valence-corrected chi connectivity index (χ2v) is 4.42. The lowest BCUT2D eigenvalue weighted by Crippen LogP contribution is -2.44. The number of hydrogen-bond acceptors (Lipinski definition) is 4.